The van der Waals surface area contributed by atoms with Crippen molar-refractivity contribution >= 4 is 5.69 Å². The van der Waals surface area contributed by atoms with Crippen LogP contribution in [0.15, 0.2) is 42.5 Å². The Labute approximate surface area is 125 Å². The number of phenolic OH excluding ortho intramolecular Hbond substituents is 2. The summed E-state index contributed by atoms with van der Waals surface area (Å²) in [5.74, 6) is 0.970. The molecule has 0 saturated heterocycles. The van der Waals surface area contributed by atoms with Gasteiger partial charge in [0.1, 0.15) is 17.2 Å². The fourth-order valence-corrected chi connectivity index (χ4v) is 2.21. The summed E-state index contributed by atoms with van der Waals surface area (Å²) in [7, 11) is 0. The smallest absolute Gasteiger partial charge is 0.124 e. The molecule has 3 N–H and O–H groups in total. The van der Waals surface area contributed by atoms with Gasteiger partial charge < -0.3 is 20.3 Å². The molecule has 0 heterocycles. The van der Waals surface area contributed by atoms with Gasteiger partial charge in [-0.05, 0) is 57.2 Å². The van der Waals surface area contributed by atoms with E-state index < -0.39 is 0 Å². The van der Waals surface area contributed by atoms with E-state index in [1.165, 1.54) is 0 Å². The Morgan fingerprint density at radius 1 is 0.905 bits per heavy atom. The van der Waals surface area contributed by atoms with Crippen molar-refractivity contribution in [2.75, 3.05) is 5.32 Å². The Kier molecular flexibility index (Phi) is 4.58. The number of hydrogen-bond donors (Lipinski definition) is 3. The zero-order valence-corrected chi connectivity index (χ0v) is 12.5. The maximum absolute atomic E-state index is 9.86. The molecule has 0 aliphatic carbocycles. The molecule has 21 heavy (non-hydrogen) atoms. The molecule has 0 fully saturated rings. The number of anilines is 1. The van der Waals surface area contributed by atoms with Crippen LogP contribution in [-0.2, 0) is 0 Å². The van der Waals surface area contributed by atoms with Crippen LogP contribution in [0.25, 0.3) is 0 Å². The van der Waals surface area contributed by atoms with Crippen LogP contribution in [-0.4, -0.2) is 16.3 Å². The van der Waals surface area contributed by atoms with E-state index in [1.54, 1.807) is 18.2 Å². The maximum atomic E-state index is 9.86. The van der Waals surface area contributed by atoms with Crippen LogP contribution in [0, 0.1) is 0 Å². The van der Waals surface area contributed by atoms with Crippen LogP contribution in [0.3, 0.4) is 0 Å². The van der Waals surface area contributed by atoms with Crippen molar-refractivity contribution in [2.24, 2.45) is 0 Å². The summed E-state index contributed by atoms with van der Waals surface area (Å²) in [5, 5.41) is 23.0. The highest BCUT2D eigenvalue weighted by Crippen LogP contribution is 2.34. The predicted octanol–water partition coefficient (Wildman–Crippen LogP) is 4.06. The molecule has 0 aromatic heterocycles. The molecule has 4 nitrogen and oxygen atoms in total. The van der Waals surface area contributed by atoms with Gasteiger partial charge in [0.2, 0.25) is 0 Å². The third kappa shape index (κ3) is 3.81. The van der Waals surface area contributed by atoms with Crippen LogP contribution in [0.1, 0.15) is 32.4 Å². The van der Waals surface area contributed by atoms with E-state index in [1.807, 2.05) is 45.0 Å². The molecule has 0 aliphatic heterocycles. The molecule has 2 aromatic carbocycles. The second kappa shape index (κ2) is 6.39. The van der Waals surface area contributed by atoms with Gasteiger partial charge in [0, 0.05) is 5.69 Å². The first-order valence-corrected chi connectivity index (χ1v) is 7.01. The van der Waals surface area contributed by atoms with Crippen LogP contribution in [0.5, 0.6) is 17.2 Å². The molecule has 4 heteroatoms. The molecule has 0 aliphatic rings. The Bertz CT molecular complexity index is 573. The lowest BCUT2D eigenvalue weighted by Crippen LogP contribution is -2.08. The molecule has 0 radical (unpaired) electrons. The summed E-state index contributed by atoms with van der Waals surface area (Å²) in [6.07, 6.45) is 0.140. The topological polar surface area (TPSA) is 61.7 Å². The van der Waals surface area contributed by atoms with E-state index in [-0.39, 0.29) is 23.6 Å². The molecule has 0 saturated carbocycles. The third-order valence-corrected chi connectivity index (χ3v) is 3.10. The van der Waals surface area contributed by atoms with Gasteiger partial charge in [-0.2, -0.15) is 0 Å². The number of benzene rings is 2. The zero-order valence-electron chi connectivity index (χ0n) is 12.5. The Hall–Kier alpha value is -2.36. The van der Waals surface area contributed by atoms with Gasteiger partial charge in [-0.25, -0.2) is 0 Å². The van der Waals surface area contributed by atoms with Crippen LogP contribution in [0.2, 0.25) is 0 Å². The van der Waals surface area contributed by atoms with E-state index in [0.717, 1.165) is 11.4 Å². The monoisotopic (exact) mass is 287 g/mol. The first-order valence-electron chi connectivity index (χ1n) is 7.01. The number of aromatic hydroxyl groups is 2. The minimum atomic E-state index is -0.219. The van der Waals surface area contributed by atoms with Gasteiger partial charge >= 0.3 is 0 Å². The first-order chi connectivity index (χ1) is 9.97. The van der Waals surface area contributed by atoms with Gasteiger partial charge in [0.05, 0.1) is 17.7 Å². The van der Waals surface area contributed by atoms with Crippen molar-refractivity contribution in [3.63, 3.8) is 0 Å². The van der Waals surface area contributed by atoms with Crippen molar-refractivity contribution in [2.45, 2.75) is 32.9 Å². The fraction of sp³-hybridized carbons (Fsp3) is 0.294. The minimum absolute atomic E-state index is 0.0785. The molecule has 2 aromatic rings. The fourth-order valence-electron chi connectivity index (χ4n) is 2.21. The number of hydrogen-bond acceptors (Lipinski definition) is 4. The minimum Gasteiger partial charge on any atom is -0.507 e. The van der Waals surface area contributed by atoms with E-state index in [2.05, 4.69) is 5.32 Å². The van der Waals surface area contributed by atoms with Gasteiger partial charge in [-0.1, -0.05) is 6.07 Å². The Morgan fingerprint density at radius 3 is 2.00 bits per heavy atom. The van der Waals surface area contributed by atoms with Crippen molar-refractivity contribution in [3.05, 3.63) is 48.0 Å². The summed E-state index contributed by atoms with van der Waals surface area (Å²) >= 11 is 0. The van der Waals surface area contributed by atoms with E-state index in [4.69, 9.17) is 4.74 Å². The van der Waals surface area contributed by atoms with Gasteiger partial charge in [0.25, 0.3) is 0 Å². The summed E-state index contributed by atoms with van der Waals surface area (Å²) < 4.78 is 5.59. The van der Waals surface area contributed by atoms with Crippen LogP contribution in [0.4, 0.5) is 5.69 Å². The molecule has 0 amide bonds. The van der Waals surface area contributed by atoms with Crippen LogP contribution < -0.4 is 10.1 Å². The normalized spacial score (nSPS) is 12.2. The van der Waals surface area contributed by atoms with Crippen molar-refractivity contribution in [3.8, 4) is 17.2 Å². The maximum Gasteiger partial charge on any atom is 0.124 e. The number of rotatable bonds is 5. The lowest BCUT2D eigenvalue weighted by Gasteiger charge is -2.18. The molecule has 1 atom stereocenters. The van der Waals surface area contributed by atoms with Crippen molar-refractivity contribution < 1.29 is 14.9 Å². The first kappa shape index (κ1) is 15.0. The largest absolute Gasteiger partial charge is 0.507 e. The third-order valence-electron chi connectivity index (χ3n) is 3.10. The number of ether oxygens (including phenoxy) is 1. The summed E-state index contributed by atoms with van der Waals surface area (Å²) in [5.41, 5.74) is 1.38. The zero-order chi connectivity index (χ0) is 15.4. The van der Waals surface area contributed by atoms with Crippen molar-refractivity contribution in [1.82, 2.24) is 0 Å². The molecular formula is C17H21NO3. The lowest BCUT2D eigenvalue weighted by atomic mass is 10.1. The second-order valence-corrected chi connectivity index (χ2v) is 5.27. The predicted molar refractivity (Wildman–Crippen MR) is 84.0 cm³/mol. The molecule has 0 bridgehead atoms. The highest BCUT2D eigenvalue weighted by Gasteiger charge is 2.14. The molecule has 2 rings (SSSR count). The SMILES string of the molecule is CC(C)Oc1ccc(NC(C)c2c(O)cccc2O)cc1. The number of phenols is 2. The summed E-state index contributed by atoms with van der Waals surface area (Å²) in [6, 6.07) is 12.1. The molecule has 0 spiro atoms. The molecule has 1 unspecified atom stereocenters. The standard InChI is InChI=1S/C17H21NO3/c1-11(2)21-14-9-7-13(8-10-14)18-12(3)17-15(19)5-4-6-16(17)20/h4-12,18-20H,1-3H3. The lowest BCUT2D eigenvalue weighted by molar-refractivity contribution is 0.242. The Morgan fingerprint density at radius 2 is 1.48 bits per heavy atom. The highest BCUT2D eigenvalue weighted by atomic mass is 16.5. The van der Waals surface area contributed by atoms with Gasteiger partial charge in [0.15, 0.2) is 0 Å². The Balaban J connectivity index is 2.11. The molecular weight excluding hydrogens is 266 g/mol. The summed E-state index contributed by atoms with van der Waals surface area (Å²) in [4.78, 5) is 0. The van der Waals surface area contributed by atoms with Crippen LogP contribution >= 0.6 is 0 Å². The average molecular weight is 287 g/mol. The highest BCUT2D eigenvalue weighted by molar-refractivity contribution is 5.52. The van der Waals surface area contributed by atoms with E-state index >= 15 is 0 Å². The van der Waals surface area contributed by atoms with Crippen molar-refractivity contribution in [1.29, 1.82) is 0 Å². The van der Waals surface area contributed by atoms with E-state index in [9.17, 15) is 10.2 Å². The van der Waals surface area contributed by atoms with E-state index in [0.29, 0.717) is 5.56 Å². The average Bonchev–Trinajstić information content (AvgIpc) is 2.40. The van der Waals surface area contributed by atoms with Gasteiger partial charge in [-0.15, -0.1) is 0 Å². The quantitative estimate of drug-likeness (QED) is 0.776. The number of nitrogens with one attached hydrogen (secondary N) is 1. The molecule has 112 valence electrons. The van der Waals surface area contributed by atoms with Gasteiger partial charge in [-0.3, -0.25) is 0 Å². The summed E-state index contributed by atoms with van der Waals surface area (Å²) in [6.45, 7) is 5.84. The second-order valence-electron chi connectivity index (χ2n) is 5.27.